The predicted molar refractivity (Wildman–Crippen MR) is 70.0 cm³/mol. The van der Waals surface area contributed by atoms with E-state index in [1.165, 1.54) is 0 Å². The molecule has 19 heavy (non-hydrogen) atoms. The van der Waals surface area contributed by atoms with Crippen LogP contribution in [-0.4, -0.2) is 50.7 Å². The maximum atomic E-state index is 12.0. The van der Waals surface area contributed by atoms with E-state index >= 15 is 0 Å². The number of aliphatic carboxylic acids is 1. The Morgan fingerprint density at radius 1 is 1.47 bits per heavy atom. The van der Waals surface area contributed by atoms with Crippen molar-refractivity contribution in [3.05, 3.63) is 0 Å². The van der Waals surface area contributed by atoms with Crippen molar-refractivity contribution < 1.29 is 26.7 Å². The van der Waals surface area contributed by atoms with Gasteiger partial charge in [0.1, 0.15) is 6.04 Å². The molecule has 1 aliphatic heterocycles. The van der Waals surface area contributed by atoms with E-state index in [9.17, 15) is 21.6 Å². The molecule has 0 aromatic heterocycles. The number of carbonyl (C=O) groups is 1. The summed E-state index contributed by atoms with van der Waals surface area (Å²) in [6, 6.07) is -1.22. The molecule has 1 unspecified atom stereocenters. The van der Waals surface area contributed by atoms with E-state index in [-0.39, 0.29) is 18.1 Å². The molecule has 0 aromatic rings. The Hall–Kier alpha value is -0.670. The molecule has 9 heteroatoms. The number of hydrogen-bond donors (Lipinski definition) is 2. The minimum absolute atomic E-state index is 0.0184. The van der Waals surface area contributed by atoms with E-state index in [4.69, 9.17) is 5.11 Å². The summed E-state index contributed by atoms with van der Waals surface area (Å²) in [5.41, 5.74) is 0. The Morgan fingerprint density at radius 2 is 2.05 bits per heavy atom. The van der Waals surface area contributed by atoms with Gasteiger partial charge in [-0.3, -0.25) is 4.79 Å². The fraction of sp³-hybridized carbons (Fsp3) is 0.900. The zero-order valence-electron chi connectivity index (χ0n) is 10.9. The summed E-state index contributed by atoms with van der Waals surface area (Å²) in [6.45, 7) is 3.39. The first-order valence-electron chi connectivity index (χ1n) is 6.03. The molecule has 1 saturated heterocycles. The fourth-order valence-corrected chi connectivity index (χ4v) is 6.26. The van der Waals surface area contributed by atoms with Crippen LogP contribution < -0.4 is 4.72 Å². The van der Waals surface area contributed by atoms with Gasteiger partial charge in [-0.1, -0.05) is 20.3 Å². The van der Waals surface area contributed by atoms with Gasteiger partial charge in [-0.05, 0) is 12.3 Å². The van der Waals surface area contributed by atoms with Crippen molar-refractivity contribution in [1.82, 2.24) is 4.72 Å². The number of sulfone groups is 1. The molecule has 1 fully saturated rings. The fourth-order valence-electron chi connectivity index (χ4n) is 1.92. The molecule has 3 atom stereocenters. The van der Waals surface area contributed by atoms with Gasteiger partial charge < -0.3 is 5.11 Å². The molecule has 0 amide bonds. The third-order valence-corrected chi connectivity index (χ3v) is 7.24. The maximum Gasteiger partial charge on any atom is 0.322 e. The quantitative estimate of drug-likeness (QED) is 0.688. The molecule has 7 nitrogen and oxygen atoms in total. The minimum Gasteiger partial charge on any atom is -0.480 e. The predicted octanol–water partition coefficient (Wildman–Crippen LogP) is -0.408. The molecular weight excluding hydrogens is 294 g/mol. The van der Waals surface area contributed by atoms with E-state index in [0.29, 0.717) is 6.42 Å². The van der Waals surface area contributed by atoms with Gasteiger partial charge in [0.25, 0.3) is 0 Å². The molecule has 0 aromatic carbocycles. The van der Waals surface area contributed by atoms with Crippen LogP contribution in [0.15, 0.2) is 0 Å². The first-order chi connectivity index (χ1) is 8.59. The monoisotopic (exact) mass is 313 g/mol. The Balaban J connectivity index is 2.87. The lowest BCUT2D eigenvalue weighted by atomic mass is 10.0. The molecule has 0 aliphatic carbocycles. The van der Waals surface area contributed by atoms with Crippen LogP contribution in [0.4, 0.5) is 0 Å². The van der Waals surface area contributed by atoms with Crippen LogP contribution in [0.5, 0.6) is 0 Å². The second-order valence-electron chi connectivity index (χ2n) is 4.89. The van der Waals surface area contributed by atoms with Gasteiger partial charge >= 0.3 is 5.97 Å². The number of rotatable bonds is 6. The van der Waals surface area contributed by atoms with Crippen LogP contribution in [0.3, 0.4) is 0 Å². The normalized spacial score (nSPS) is 25.9. The van der Waals surface area contributed by atoms with Gasteiger partial charge in [0, 0.05) is 0 Å². The highest BCUT2D eigenvalue weighted by Gasteiger charge is 2.39. The van der Waals surface area contributed by atoms with Gasteiger partial charge in [-0.2, -0.15) is 0 Å². The molecular formula is C10H19NO6S2. The second-order valence-corrected chi connectivity index (χ2v) is 9.11. The highest BCUT2D eigenvalue weighted by molar-refractivity contribution is 7.95. The molecule has 112 valence electrons. The lowest BCUT2D eigenvalue weighted by Crippen LogP contribution is -2.48. The van der Waals surface area contributed by atoms with Crippen LogP contribution in [0, 0.1) is 5.92 Å². The number of carboxylic acid groups (broad SMARTS) is 1. The van der Waals surface area contributed by atoms with Gasteiger partial charge in [0.05, 0.1) is 16.8 Å². The topological polar surface area (TPSA) is 118 Å². The first kappa shape index (κ1) is 16.4. The smallest absolute Gasteiger partial charge is 0.322 e. The van der Waals surface area contributed by atoms with Crippen LogP contribution >= 0.6 is 0 Å². The molecule has 1 rings (SSSR count). The second kappa shape index (κ2) is 5.76. The Morgan fingerprint density at radius 3 is 2.42 bits per heavy atom. The third kappa shape index (κ3) is 4.15. The highest BCUT2D eigenvalue weighted by atomic mass is 32.2. The highest BCUT2D eigenvalue weighted by Crippen LogP contribution is 2.20. The third-order valence-electron chi connectivity index (χ3n) is 3.40. The Labute approximate surface area is 113 Å². The summed E-state index contributed by atoms with van der Waals surface area (Å²) in [5.74, 6) is -2.22. The number of carboxylic acids is 1. The molecule has 1 heterocycles. The zero-order chi connectivity index (χ0) is 14.8. The minimum atomic E-state index is -3.94. The van der Waals surface area contributed by atoms with Gasteiger partial charge in [-0.15, -0.1) is 0 Å². The number of sulfonamides is 1. The lowest BCUT2D eigenvalue weighted by molar-refractivity contribution is -0.140. The summed E-state index contributed by atoms with van der Waals surface area (Å²) in [5, 5.41) is 7.99. The standard InChI is InChI=1S/C10H19NO6S2/c1-3-7(2)9(10(12)13)11-19(16,17)8-4-5-18(14,15)6-8/h7-9,11H,3-6H2,1-2H3,(H,12,13)/t7-,8?,9-/m0/s1. The summed E-state index contributed by atoms with van der Waals surface area (Å²) < 4.78 is 48.7. The summed E-state index contributed by atoms with van der Waals surface area (Å²) >= 11 is 0. The van der Waals surface area contributed by atoms with Crippen LogP contribution in [-0.2, 0) is 24.7 Å². The van der Waals surface area contributed by atoms with E-state index in [0.717, 1.165) is 0 Å². The van der Waals surface area contributed by atoms with Crippen molar-refractivity contribution in [2.45, 2.75) is 38.0 Å². The summed E-state index contributed by atoms with van der Waals surface area (Å²) in [4.78, 5) is 11.1. The first-order valence-corrected chi connectivity index (χ1v) is 9.40. The van der Waals surface area contributed by atoms with Gasteiger partial charge in [0.2, 0.25) is 10.0 Å². The summed E-state index contributed by atoms with van der Waals surface area (Å²) in [7, 11) is -7.27. The molecule has 0 spiro atoms. The maximum absolute atomic E-state index is 12.0. The van der Waals surface area contributed by atoms with Crippen LogP contribution in [0.25, 0.3) is 0 Å². The van der Waals surface area contributed by atoms with E-state index < -0.39 is 42.9 Å². The van der Waals surface area contributed by atoms with Crippen molar-refractivity contribution in [1.29, 1.82) is 0 Å². The summed E-state index contributed by atoms with van der Waals surface area (Å²) in [6.07, 6.45) is 0.521. The average Bonchev–Trinajstić information content (AvgIpc) is 2.66. The van der Waals surface area contributed by atoms with Crippen LogP contribution in [0.2, 0.25) is 0 Å². The number of hydrogen-bond acceptors (Lipinski definition) is 5. The van der Waals surface area contributed by atoms with Crippen molar-refractivity contribution in [3.8, 4) is 0 Å². The molecule has 0 radical (unpaired) electrons. The van der Waals surface area contributed by atoms with Crippen molar-refractivity contribution in [3.63, 3.8) is 0 Å². The van der Waals surface area contributed by atoms with Crippen LogP contribution in [0.1, 0.15) is 26.7 Å². The molecule has 0 bridgehead atoms. The largest absolute Gasteiger partial charge is 0.480 e. The Bertz CT molecular complexity index is 538. The molecule has 2 N–H and O–H groups in total. The number of nitrogens with one attached hydrogen (secondary N) is 1. The molecule has 1 aliphatic rings. The van der Waals surface area contributed by atoms with Crippen molar-refractivity contribution in [2.24, 2.45) is 5.92 Å². The van der Waals surface area contributed by atoms with E-state index in [1.54, 1.807) is 13.8 Å². The Kier molecular flexibility index (Phi) is 4.97. The van der Waals surface area contributed by atoms with E-state index in [2.05, 4.69) is 4.72 Å². The van der Waals surface area contributed by atoms with Gasteiger partial charge in [0.15, 0.2) is 9.84 Å². The SMILES string of the molecule is CC[C@H](C)[C@H](NS(=O)(=O)C1CCS(=O)(=O)C1)C(=O)O. The molecule has 0 saturated carbocycles. The van der Waals surface area contributed by atoms with Crippen molar-refractivity contribution in [2.75, 3.05) is 11.5 Å². The average molecular weight is 313 g/mol. The van der Waals surface area contributed by atoms with Crippen molar-refractivity contribution >= 4 is 25.8 Å². The van der Waals surface area contributed by atoms with Gasteiger partial charge in [-0.25, -0.2) is 21.6 Å². The zero-order valence-corrected chi connectivity index (χ0v) is 12.5. The van der Waals surface area contributed by atoms with E-state index in [1.807, 2.05) is 0 Å². The lowest BCUT2D eigenvalue weighted by Gasteiger charge is -2.21.